The Balaban J connectivity index is 1.39. The van der Waals surface area contributed by atoms with Crippen molar-refractivity contribution >= 4 is 22.9 Å². The van der Waals surface area contributed by atoms with Gasteiger partial charge in [0.15, 0.2) is 0 Å². The van der Waals surface area contributed by atoms with Gasteiger partial charge >= 0.3 is 5.97 Å². The fourth-order valence-corrected chi connectivity index (χ4v) is 13.6. The molecule has 4 heteroatoms. The Morgan fingerprint density at radius 2 is 1.80 bits per heavy atom. The van der Waals surface area contributed by atoms with E-state index in [1.165, 1.54) is 80.3 Å². The maximum absolute atomic E-state index is 11.6. The summed E-state index contributed by atoms with van der Waals surface area (Å²) in [4.78, 5) is 12.1. The van der Waals surface area contributed by atoms with E-state index >= 15 is 0 Å². The van der Waals surface area contributed by atoms with E-state index in [4.69, 9.17) is 0 Å². The minimum absolute atomic E-state index is 0.0104. The standard InChI is InChI=1S/C36H52O3S/c1-8-36-18-17-35(21-37)16-11-24(22(2)3)30(35)26(36)9-10-29-33(6)14-12-25(23-19-27(31(38)39)40-20-23)32(4,5)28(33)13-15-34(29,36)7/h12,19-20,24,26,28-30,37H,2,8-11,13-18,21H2,1,3-7H3,(H,38,39). The van der Waals surface area contributed by atoms with Crippen LogP contribution in [0.3, 0.4) is 0 Å². The zero-order valence-electron chi connectivity index (χ0n) is 25.8. The molecule has 5 aliphatic rings. The van der Waals surface area contributed by atoms with Crippen LogP contribution >= 0.6 is 11.3 Å². The molecule has 0 aromatic carbocycles. The van der Waals surface area contributed by atoms with Crippen molar-refractivity contribution in [1.82, 2.24) is 0 Å². The van der Waals surface area contributed by atoms with Crippen LogP contribution in [0.25, 0.3) is 5.57 Å². The topological polar surface area (TPSA) is 57.5 Å². The summed E-state index contributed by atoms with van der Waals surface area (Å²) < 4.78 is 0. The highest BCUT2D eigenvalue weighted by molar-refractivity contribution is 7.12. The third kappa shape index (κ3) is 3.53. The molecular formula is C36H52O3S. The Hall–Kier alpha value is -1.39. The SMILES string of the molecule is C=C(C)C1CCC2(CO)CCC3(CC)C(CCC4C5(C)CC=C(c6csc(C(=O)O)c6)C(C)(C)C5CCC43C)C12. The molecule has 1 aromatic heterocycles. The second-order valence-electron chi connectivity index (χ2n) is 15.8. The molecule has 3 nitrogen and oxygen atoms in total. The van der Waals surface area contributed by atoms with Crippen molar-refractivity contribution < 1.29 is 15.0 Å². The molecule has 0 aliphatic heterocycles. The van der Waals surface area contributed by atoms with Crippen molar-refractivity contribution in [3.05, 3.63) is 40.1 Å². The highest BCUT2D eigenvalue weighted by Gasteiger charge is 2.71. The van der Waals surface area contributed by atoms with Crippen LogP contribution in [0.2, 0.25) is 0 Å². The van der Waals surface area contributed by atoms with Crippen LogP contribution in [0.4, 0.5) is 0 Å². The van der Waals surface area contributed by atoms with E-state index in [0.717, 1.165) is 12.0 Å². The summed E-state index contributed by atoms with van der Waals surface area (Å²) in [6, 6.07) is 1.91. The summed E-state index contributed by atoms with van der Waals surface area (Å²) in [5.41, 5.74) is 4.84. The number of hydrogen-bond acceptors (Lipinski definition) is 3. The number of aliphatic hydroxyl groups excluding tert-OH is 1. The third-order valence-corrected chi connectivity index (χ3v) is 15.5. The first-order chi connectivity index (χ1) is 18.8. The van der Waals surface area contributed by atoms with Gasteiger partial charge in [0, 0.05) is 6.61 Å². The van der Waals surface area contributed by atoms with Crippen molar-refractivity contribution in [1.29, 1.82) is 0 Å². The quantitative estimate of drug-likeness (QED) is 0.350. The number of carbonyl (C=O) groups is 1. The van der Waals surface area contributed by atoms with E-state index < -0.39 is 5.97 Å². The van der Waals surface area contributed by atoms with Gasteiger partial charge in [0.2, 0.25) is 0 Å². The van der Waals surface area contributed by atoms with Gasteiger partial charge in [-0.15, -0.1) is 11.3 Å². The van der Waals surface area contributed by atoms with Gasteiger partial charge in [0.25, 0.3) is 0 Å². The molecule has 0 amide bonds. The second-order valence-corrected chi connectivity index (χ2v) is 16.8. The number of rotatable bonds is 5. The Bertz CT molecular complexity index is 1240. The lowest BCUT2D eigenvalue weighted by Crippen LogP contribution is -2.66. The number of carboxylic acids is 1. The monoisotopic (exact) mass is 564 g/mol. The predicted molar refractivity (Wildman–Crippen MR) is 165 cm³/mol. The molecule has 1 heterocycles. The largest absolute Gasteiger partial charge is 0.477 e. The summed E-state index contributed by atoms with van der Waals surface area (Å²) in [6.45, 7) is 19.8. The van der Waals surface area contributed by atoms with Crippen LogP contribution < -0.4 is 0 Å². The maximum atomic E-state index is 11.6. The normalized spacial score (nSPS) is 45.5. The van der Waals surface area contributed by atoms with Gasteiger partial charge in [-0.2, -0.15) is 0 Å². The van der Waals surface area contributed by atoms with Gasteiger partial charge in [0.05, 0.1) is 0 Å². The molecule has 40 heavy (non-hydrogen) atoms. The van der Waals surface area contributed by atoms with Crippen LogP contribution in [0.1, 0.15) is 121 Å². The number of thiophene rings is 1. The van der Waals surface area contributed by atoms with Crippen molar-refractivity contribution in [3.63, 3.8) is 0 Å². The summed E-state index contributed by atoms with van der Waals surface area (Å²) in [5.74, 6) is 2.30. The molecule has 0 spiro atoms. The summed E-state index contributed by atoms with van der Waals surface area (Å²) >= 11 is 1.36. The number of fused-ring (bicyclic) bond motifs is 7. The average Bonchev–Trinajstić information content (AvgIpc) is 3.54. The van der Waals surface area contributed by atoms with Gasteiger partial charge < -0.3 is 10.2 Å². The molecule has 9 unspecified atom stereocenters. The van der Waals surface area contributed by atoms with Gasteiger partial charge in [-0.05, 0) is 150 Å². The lowest BCUT2D eigenvalue weighted by Gasteiger charge is -2.73. The highest BCUT2D eigenvalue weighted by atomic mass is 32.1. The average molecular weight is 565 g/mol. The number of aromatic carboxylic acids is 1. The molecule has 5 aliphatic carbocycles. The van der Waals surface area contributed by atoms with Gasteiger partial charge in [-0.3, -0.25) is 0 Å². The predicted octanol–water partition coefficient (Wildman–Crippen LogP) is 9.48. The Labute approximate surface area is 246 Å². The molecule has 1 aromatic rings. The zero-order valence-corrected chi connectivity index (χ0v) is 26.6. The van der Waals surface area contributed by atoms with Crippen LogP contribution in [-0.2, 0) is 0 Å². The van der Waals surface area contributed by atoms with Gasteiger partial charge in [0.1, 0.15) is 4.88 Å². The second kappa shape index (κ2) is 9.30. The lowest BCUT2D eigenvalue weighted by molar-refractivity contribution is -0.236. The molecule has 4 fully saturated rings. The number of allylic oxidation sites excluding steroid dienone is 3. The van der Waals surface area contributed by atoms with Crippen LogP contribution in [-0.4, -0.2) is 22.8 Å². The molecule has 0 bridgehead atoms. The number of carboxylic acid groups (broad SMARTS) is 1. The molecule has 2 N–H and O–H groups in total. The van der Waals surface area contributed by atoms with E-state index in [1.807, 2.05) is 6.07 Å². The van der Waals surface area contributed by atoms with Gasteiger partial charge in [-0.25, -0.2) is 4.79 Å². The van der Waals surface area contributed by atoms with Crippen molar-refractivity contribution in [3.8, 4) is 0 Å². The maximum Gasteiger partial charge on any atom is 0.345 e. The van der Waals surface area contributed by atoms with E-state index in [1.54, 1.807) is 0 Å². The Morgan fingerprint density at radius 1 is 1.05 bits per heavy atom. The number of hydrogen-bond donors (Lipinski definition) is 2. The summed E-state index contributed by atoms with van der Waals surface area (Å²) in [6.07, 6.45) is 14.9. The van der Waals surface area contributed by atoms with E-state index in [-0.39, 0.29) is 16.2 Å². The van der Waals surface area contributed by atoms with Crippen LogP contribution in [0.15, 0.2) is 29.7 Å². The van der Waals surface area contributed by atoms with Crippen molar-refractivity contribution in [2.24, 2.45) is 56.7 Å². The highest BCUT2D eigenvalue weighted by Crippen LogP contribution is 2.78. The minimum Gasteiger partial charge on any atom is -0.477 e. The van der Waals surface area contributed by atoms with E-state index in [0.29, 0.717) is 51.9 Å². The first kappa shape index (κ1) is 28.7. The van der Waals surface area contributed by atoms with E-state index in [9.17, 15) is 15.0 Å². The molecule has 0 radical (unpaired) electrons. The molecule has 6 rings (SSSR count). The van der Waals surface area contributed by atoms with Crippen LogP contribution in [0.5, 0.6) is 0 Å². The minimum atomic E-state index is -0.820. The lowest BCUT2D eigenvalue weighted by atomic mass is 9.31. The first-order valence-electron chi connectivity index (χ1n) is 16.1. The Morgan fingerprint density at radius 3 is 2.42 bits per heavy atom. The van der Waals surface area contributed by atoms with Gasteiger partial charge in [-0.1, -0.05) is 52.8 Å². The summed E-state index contributed by atoms with van der Waals surface area (Å²) in [5, 5.41) is 22.5. The Kier molecular flexibility index (Phi) is 6.68. The number of aliphatic hydroxyl groups is 1. The molecule has 4 saturated carbocycles. The molecule has 220 valence electrons. The van der Waals surface area contributed by atoms with Crippen LogP contribution in [0, 0.1) is 56.7 Å². The fraction of sp³-hybridized carbons (Fsp3) is 0.750. The molecular weight excluding hydrogens is 512 g/mol. The van der Waals surface area contributed by atoms with Crippen molar-refractivity contribution in [2.45, 2.75) is 106 Å². The first-order valence-corrected chi connectivity index (χ1v) is 17.0. The van der Waals surface area contributed by atoms with Crippen molar-refractivity contribution in [2.75, 3.05) is 6.61 Å². The summed E-state index contributed by atoms with van der Waals surface area (Å²) in [7, 11) is 0. The fourth-order valence-electron chi connectivity index (χ4n) is 12.9. The van der Waals surface area contributed by atoms with E-state index in [2.05, 4.69) is 59.6 Å². The molecule has 9 atom stereocenters. The smallest absolute Gasteiger partial charge is 0.345 e. The third-order valence-electron chi connectivity index (χ3n) is 14.5. The zero-order chi connectivity index (χ0) is 28.9. The molecule has 0 saturated heterocycles.